The number of hydrogen-bond donors (Lipinski definition) is 2. The van der Waals surface area contributed by atoms with Crippen molar-refractivity contribution >= 4 is 17.6 Å². The second kappa shape index (κ2) is 8.39. The zero-order chi connectivity index (χ0) is 22.1. The van der Waals surface area contributed by atoms with Crippen molar-refractivity contribution in [2.75, 3.05) is 34.4 Å². The van der Waals surface area contributed by atoms with Crippen molar-refractivity contribution in [2.45, 2.75) is 18.4 Å². The maximum Gasteiger partial charge on any atom is 0.280 e. The summed E-state index contributed by atoms with van der Waals surface area (Å²) in [6.07, 6.45) is 0.986. The number of methoxy groups -OCH3 is 2. The highest BCUT2D eigenvalue weighted by Gasteiger charge is 2.36. The van der Waals surface area contributed by atoms with Crippen molar-refractivity contribution in [3.63, 3.8) is 0 Å². The molecule has 0 aromatic heterocycles. The molecule has 162 valence electrons. The molecule has 4 rings (SSSR count). The summed E-state index contributed by atoms with van der Waals surface area (Å²) in [4.78, 5) is 23.2. The minimum atomic E-state index is -0.473. The molecule has 0 spiro atoms. The number of hydrogen-bond acceptors (Lipinski definition) is 5. The van der Waals surface area contributed by atoms with Gasteiger partial charge in [-0.2, -0.15) is 4.99 Å². The van der Waals surface area contributed by atoms with Crippen molar-refractivity contribution in [3.05, 3.63) is 58.7 Å². The zero-order valence-corrected chi connectivity index (χ0v) is 18.0. The lowest BCUT2D eigenvalue weighted by atomic mass is 9.79. The van der Waals surface area contributed by atoms with Crippen molar-refractivity contribution in [2.24, 2.45) is 21.5 Å². The van der Waals surface area contributed by atoms with Gasteiger partial charge in [-0.25, -0.2) is 0 Å². The molecule has 2 atom stereocenters. The van der Waals surface area contributed by atoms with Crippen LogP contribution in [0.1, 0.15) is 39.4 Å². The summed E-state index contributed by atoms with van der Waals surface area (Å²) in [5, 5.41) is 0. The van der Waals surface area contributed by atoms with Crippen molar-refractivity contribution in [1.29, 1.82) is 0 Å². The normalized spacial score (nSPS) is 20.2. The van der Waals surface area contributed by atoms with Gasteiger partial charge in [-0.1, -0.05) is 12.1 Å². The van der Waals surface area contributed by atoms with Crippen LogP contribution in [0.5, 0.6) is 11.5 Å². The molecule has 8 heteroatoms. The summed E-state index contributed by atoms with van der Waals surface area (Å²) in [6, 6.07) is 11.5. The van der Waals surface area contributed by atoms with Crippen molar-refractivity contribution in [1.82, 2.24) is 4.90 Å². The molecule has 0 radical (unpaired) electrons. The summed E-state index contributed by atoms with van der Waals surface area (Å²) in [7, 11) is 5.42. The standard InChI is InChI=1S/C23H27N5O3/c1-28-9-8-18-17(12-28)15-10-19(30-2)20(31-3)11-16(15)21(26-18)13-4-6-14(7-5-13)22(29)27-23(24)25/h4-7,10-11,17-18H,8-9,12H2,1-3H3,(H4,24,25,27,29)/t17-,18-/m0/s1. The highest BCUT2D eigenvalue weighted by Crippen LogP contribution is 2.42. The fraction of sp³-hybridized carbons (Fsp3) is 0.348. The molecule has 0 aliphatic carbocycles. The summed E-state index contributed by atoms with van der Waals surface area (Å²) < 4.78 is 11.1. The second-order valence-corrected chi connectivity index (χ2v) is 7.92. The van der Waals surface area contributed by atoms with Crippen LogP contribution in [0, 0.1) is 0 Å². The molecule has 0 bridgehead atoms. The van der Waals surface area contributed by atoms with Crippen LogP contribution in [-0.2, 0) is 0 Å². The quantitative estimate of drug-likeness (QED) is 0.574. The number of benzene rings is 2. The first kappa shape index (κ1) is 20.9. The minimum Gasteiger partial charge on any atom is -0.493 e. The molecule has 0 unspecified atom stereocenters. The van der Waals surface area contributed by atoms with Gasteiger partial charge in [0.15, 0.2) is 17.5 Å². The Bertz CT molecular complexity index is 1060. The Morgan fingerprint density at radius 1 is 1.13 bits per heavy atom. The molecule has 4 N–H and O–H groups in total. The van der Waals surface area contributed by atoms with E-state index in [2.05, 4.69) is 23.0 Å². The molecule has 0 saturated carbocycles. The Labute approximate surface area is 181 Å². The van der Waals surface area contributed by atoms with Gasteiger partial charge in [-0.3, -0.25) is 9.79 Å². The molecule has 2 aliphatic rings. The molecule has 1 fully saturated rings. The predicted octanol–water partition coefficient (Wildman–Crippen LogP) is 1.76. The maximum atomic E-state index is 12.1. The minimum absolute atomic E-state index is 0.194. The Kier molecular flexibility index (Phi) is 5.65. The van der Waals surface area contributed by atoms with Crippen LogP contribution in [0.3, 0.4) is 0 Å². The number of piperidine rings is 1. The molecule has 2 aromatic carbocycles. The Morgan fingerprint density at radius 3 is 2.45 bits per heavy atom. The number of likely N-dealkylation sites (tertiary alicyclic amines) is 1. The highest BCUT2D eigenvalue weighted by molar-refractivity contribution is 6.15. The number of fused-ring (bicyclic) bond motifs is 3. The van der Waals surface area contributed by atoms with Gasteiger partial charge in [0.2, 0.25) is 0 Å². The first-order chi connectivity index (χ1) is 14.9. The third-order valence-electron chi connectivity index (χ3n) is 5.92. The number of amides is 1. The van der Waals surface area contributed by atoms with E-state index >= 15 is 0 Å². The van der Waals surface area contributed by atoms with Gasteiger partial charge in [0.25, 0.3) is 5.91 Å². The number of aliphatic imine (C=N–C) groups is 2. The number of nitrogens with two attached hydrogens (primary N) is 2. The average Bonchev–Trinajstić information content (AvgIpc) is 2.77. The fourth-order valence-corrected chi connectivity index (χ4v) is 4.39. The summed E-state index contributed by atoms with van der Waals surface area (Å²) in [5.74, 6) is 0.942. The van der Waals surface area contributed by atoms with E-state index in [1.54, 1.807) is 26.4 Å². The van der Waals surface area contributed by atoms with E-state index in [-0.39, 0.29) is 12.0 Å². The van der Waals surface area contributed by atoms with Crippen LogP contribution >= 0.6 is 0 Å². The van der Waals surface area contributed by atoms with Crippen LogP contribution in [0.15, 0.2) is 46.4 Å². The Morgan fingerprint density at radius 2 is 1.81 bits per heavy atom. The van der Waals surface area contributed by atoms with E-state index in [1.807, 2.05) is 18.2 Å². The molecule has 31 heavy (non-hydrogen) atoms. The topological polar surface area (TPSA) is 116 Å². The van der Waals surface area contributed by atoms with E-state index in [4.69, 9.17) is 25.9 Å². The van der Waals surface area contributed by atoms with E-state index < -0.39 is 5.91 Å². The van der Waals surface area contributed by atoms with Gasteiger partial charge in [0.05, 0.1) is 26.0 Å². The molecule has 8 nitrogen and oxygen atoms in total. The molecule has 2 aromatic rings. The maximum absolute atomic E-state index is 12.1. The van der Waals surface area contributed by atoms with E-state index in [9.17, 15) is 4.79 Å². The smallest absolute Gasteiger partial charge is 0.280 e. The first-order valence-corrected chi connectivity index (χ1v) is 10.2. The predicted molar refractivity (Wildman–Crippen MR) is 120 cm³/mol. The van der Waals surface area contributed by atoms with E-state index in [0.717, 1.165) is 36.3 Å². The van der Waals surface area contributed by atoms with Crippen LogP contribution < -0.4 is 20.9 Å². The van der Waals surface area contributed by atoms with Gasteiger partial charge >= 0.3 is 0 Å². The number of nitrogens with zero attached hydrogens (tertiary/aromatic N) is 3. The highest BCUT2D eigenvalue weighted by atomic mass is 16.5. The molecule has 2 aliphatic heterocycles. The van der Waals surface area contributed by atoms with Crippen molar-refractivity contribution in [3.8, 4) is 11.5 Å². The molecule has 2 heterocycles. The van der Waals surface area contributed by atoms with Crippen LogP contribution in [0.4, 0.5) is 0 Å². The lowest BCUT2D eigenvalue weighted by Crippen LogP contribution is -2.41. The number of carbonyl (C=O) groups is 1. The number of guanidine groups is 1. The molecule has 1 saturated heterocycles. The van der Waals surface area contributed by atoms with Crippen LogP contribution in [0.25, 0.3) is 0 Å². The summed E-state index contributed by atoms with van der Waals surface area (Å²) in [5.41, 5.74) is 15.1. The lowest BCUT2D eigenvalue weighted by molar-refractivity contribution is 0.100. The molecular weight excluding hydrogens is 394 g/mol. The first-order valence-electron chi connectivity index (χ1n) is 10.2. The van der Waals surface area contributed by atoms with Gasteiger partial charge in [0.1, 0.15) is 0 Å². The largest absolute Gasteiger partial charge is 0.493 e. The van der Waals surface area contributed by atoms with Crippen LogP contribution in [-0.4, -0.2) is 62.9 Å². The summed E-state index contributed by atoms with van der Waals surface area (Å²) >= 11 is 0. The number of rotatable bonds is 4. The Balaban J connectivity index is 1.79. The van der Waals surface area contributed by atoms with Gasteiger partial charge in [0, 0.05) is 29.2 Å². The Hall–Kier alpha value is -3.39. The van der Waals surface area contributed by atoms with Gasteiger partial charge in [-0.05, 0) is 49.8 Å². The molecular formula is C23H27N5O3. The lowest BCUT2D eigenvalue weighted by Gasteiger charge is -2.39. The van der Waals surface area contributed by atoms with Gasteiger partial charge < -0.3 is 25.8 Å². The number of carbonyl (C=O) groups excluding carboxylic acids is 1. The fourth-order valence-electron chi connectivity index (χ4n) is 4.39. The number of likely N-dealkylation sites (N-methyl/N-ethyl adjacent to an activating group) is 1. The third kappa shape index (κ3) is 3.98. The van der Waals surface area contributed by atoms with E-state index in [1.165, 1.54) is 5.56 Å². The molecule has 1 amide bonds. The summed E-state index contributed by atoms with van der Waals surface area (Å²) in [6.45, 7) is 1.95. The zero-order valence-electron chi connectivity index (χ0n) is 18.0. The monoisotopic (exact) mass is 421 g/mol. The average molecular weight is 422 g/mol. The van der Waals surface area contributed by atoms with Crippen molar-refractivity contribution < 1.29 is 14.3 Å². The third-order valence-corrected chi connectivity index (χ3v) is 5.92. The second-order valence-electron chi connectivity index (χ2n) is 7.92. The van der Waals surface area contributed by atoms with Crippen LogP contribution in [0.2, 0.25) is 0 Å². The van der Waals surface area contributed by atoms with E-state index in [0.29, 0.717) is 23.0 Å². The SMILES string of the molecule is COc1cc2c(cc1OC)[C@@H]1CN(C)CC[C@@H]1N=C2c1ccc(C(=O)N=C(N)N)cc1. The number of ether oxygens (including phenoxy) is 2. The van der Waals surface area contributed by atoms with Gasteiger partial charge in [-0.15, -0.1) is 0 Å².